The number of nitrogens with one attached hydrogen (secondary N) is 1. The predicted molar refractivity (Wildman–Crippen MR) is 83.2 cm³/mol. The first-order chi connectivity index (χ1) is 9.67. The van der Waals surface area contributed by atoms with Crippen molar-refractivity contribution < 1.29 is 0 Å². The van der Waals surface area contributed by atoms with E-state index < -0.39 is 0 Å². The molecule has 3 heterocycles. The van der Waals surface area contributed by atoms with Crippen molar-refractivity contribution in [2.24, 2.45) is 11.8 Å². The molecule has 0 radical (unpaired) electrons. The van der Waals surface area contributed by atoms with Crippen LogP contribution in [0.1, 0.15) is 39.3 Å². The molecule has 1 aromatic rings. The quantitative estimate of drug-likeness (QED) is 0.916. The molecule has 0 aromatic carbocycles. The van der Waals surface area contributed by atoms with Gasteiger partial charge in [-0.25, -0.2) is 4.98 Å². The Hall–Kier alpha value is -1.03. The number of hydrogen-bond donors (Lipinski definition) is 1. The summed E-state index contributed by atoms with van der Waals surface area (Å²) >= 11 is 0. The van der Waals surface area contributed by atoms with E-state index in [-0.39, 0.29) is 0 Å². The number of hydrogen-bond acceptors (Lipinski definition) is 3. The molecule has 20 heavy (non-hydrogen) atoms. The second-order valence-electron chi connectivity index (χ2n) is 6.80. The fraction of sp³-hybridized carbons (Fsp3) is 0.812. The van der Waals surface area contributed by atoms with Crippen LogP contribution >= 0.6 is 0 Å². The number of imidazole rings is 1. The molecule has 0 spiro atoms. The average Bonchev–Trinajstić information content (AvgIpc) is 3.00. The summed E-state index contributed by atoms with van der Waals surface area (Å²) in [6, 6.07) is 0.679. The van der Waals surface area contributed by atoms with Crippen molar-refractivity contribution in [3.05, 3.63) is 11.9 Å². The number of rotatable bonds is 4. The van der Waals surface area contributed by atoms with Crippen molar-refractivity contribution >= 4 is 5.95 Å². The molecule has 0 saturated carbocycles. The van der Waals surface area contributed by atoms with Crippen LogP contribution < -0.4 is 10.2 Å². The topological polar surface area (TPSA) is 33.1 Å². The van der Waals surface area contributed by atoms with Gasteiger partial charge in [-0.1, -0.05) is 20.8 Å². The molecular formula is C16H28N4. The highest BCUT2D eigenvalue weighted by molar-refractivity contribution is 5.37. The zero-order valence-corrected chi connectivity index (χ0v) is 13.1. The maximum Gasteiger partial charge on any atom is 0.205 e. The molecule has 1 aromatic heterocycles. The lowest BCUT2D eigenvalue weighted by Gasteiger charge is -2.24. The number of fused-ring (bicyclic) bond motifs is 1. The van der Waals surface area contributed by atoms with Crippen LogP contribution in [0.3, 0.4) is 0 Å². The van der Waals surface area contributed by atoms with Gasteiger partial charge in [0, 0.05) is 31.9 Å². The zero-order valence-electron chi connectivity index (χ0n) is 13.1. The first-order valence-electron chi connectivity index (χ1n) is 8.21. The van der Waals surface area contributed by atoms with Gasteiger partial charge >= 0.3 is 0 Å². The first-order valence-corrected chi connectivity index (χ1v) is 8.21. The van der Waals surface area contributed by atoms with E-state index in [9.17, 15) is 0 Å². The minimum atomic E-state index is 0.663. The van der Waals surface area contributed by atoms with Crippen molar-refractivity contribution in [2.45, 2.75) is 52.6 Å². The molecule has 0 bridgehead atoms. The van der Waals surface area contributed by atoms with Crippen molar-refractivity contribution in [3.8, 4) is 0 Å². The van der Waals surface area contributed by atoms with Crippen LogP contribution in [0.25, 0.3) is 0 Å². The van der Waals surface area contributed by atoms with Crippen molar-refractivity contribution in [3.63, 3.8) is 0 Å². The zero-order chi connectivity index (χ0) is 14.1. The van der Waals surface area contributed by atoms with Crippen molar-refractivity contribution in [1.82, 2.24) is 14.9 Å². The van der Waals surface area contributed by atoms with Gasteiger partial charge < -0.3 is 14.8 Å². The van der Waals surface area contributed by atoms with E-state index >= 15 is 0 Å². The summed E-state index contributed by atoms with van der Waals surface area (Å²) in [6.45, 7) is 11.3. The SMILES string of the molecule is CCc1cn(CC(C)C)c(N2CC3CCCNC3C2)n1. The summed E-state index contributed by atoms with van der Waals surface area (Å²) in [6.07, 6.45) is 5.98. The fourth-order valence-corrected chi connectivity index (χ4v) is 3.62. The maximum absolute atomic E-state index is 4.88. The Labute approximate surface area is 122 Å². The number of nitrogens with zero attached hydrogens (tertiary/aromatic N) is 3. The second-order valence-corrected chi connectivity index (χ2v) is 6.80. The Morgan fingerprint density at radius 2 is 2.25 bits per heavy atom. The normalized spacial score (nSPS) is 26.3. The van der Waals surface area contributed by atoms with Gasteiger partial charge in [0.2, 0.25) is 5.95 Å². The van der Waals surface area contributed by atoms with E-state index in [2.05, 4.69) is 41.8 Å². The van der Waals surface area contributed by atoms with Crippen molar-refractivity contribution in [1.29, 1.82) is 0 Å². The highest BCUT2D eigenvalue weighted by Crippen LogP contribution is 2.29. The molecule has 2 saturated heterocycles. The predicted octanol–water partition coefficient (Wildman–Crippen LogP) is 2.29. The standard InChI is InChI=1S/C16H28N4/c1-4-14-10-19(8-12(2)3)16(18-14)20-9-13-6-5-7-17-15(13)11-20/h10,12-13,15,17H,4-9,11H2,1-3H3. The Kier molecular flexibility index (Phi) is 4.01. The minimum absolute atomic E-state index is 0.663. The van der Waals surface area contributed by atoms with Crippen molar-refractivity contribution in [2.75, 3.05) is 24.5 Å². The summed E-state index contributed by atoms with van der Waals surface area (Å²) in [5.74, 6) is 2.68. The highest BCUT2D eigenvalue weighted by Gasteiger charge is 2.35. The van der Waals surface area contributed by atoms with E-state index in [0.717, 1.165) is 25.4 Å². The molecule has 0 amide bonds. The molecule has 2 aliphatic rings. The monoisotopic (exact) mass is 276 g/mol. The molecule has 2 unspecified atom stereocenters. The maximum atomic E-state index is 4.88. The van der Waals surface area contributed by atoms with Gasteiger partial charge in [0.05, 0.1) is 5.69 Å². The molecule has 2 atom stereocenters. The van der Waals surface area contributed by atoms with Crippen LogP contribution in [0.2, 0.25) is 0 Å². The van der Waals surface area contributed by atoms with Crippen LogP contribution in [0.4, 0.5) is 5.95 Å². The lowest BCUT2D eigenvalue weighted by Crippen LogP contribution is -2.40. The summed E-state index contributed by atoms with van der Waals surface area (Å²) in [4.78, 5) is 7.39. The molecule has 2 aliphatic heterocycles. The molecule has 0 aliphatic carbocycles. The third kappa shape index (κ3) is 2.71. The van der Waals surface area contributed by atoms with E-state index in [1.807, 2.05) is 0 Å². The second kappa shape index (κ2) is 5.76. The van der Waals surface area contributed by atoms with Gasteiger partial charge in [0.1, 0.15) is 0 Å². The third-order valence-corrected chi connectivity index (χ3v) is 4.61. The van der Waals surface area contributed by atoms with E-state index in [1.54, 1.807) is 0 Å². The van der Waals surface area contributed by atoms with E-state index in [4.69, 9.17) is 4.98 Å². The molecule has 3 rings (SSSR count). The summed E-state index contributed by atoms with van der Waals surface area (Å²) in [5, 5.41) is 3.68. The van der Waals surface area contributed by atoms with Gasteiger partial charge in [0.15, 0.2) is 0 Å². The first kappa shape index (κ1) is 13.9. The van der Waals surface area contributed by atoms with Gasteiger partial charge in [-0.05, 0) is 37.6 Å². The minimum Gasteiger partial charge on any atom is -0.340 e. The van der Waals surface area contributed by atoms with Crippen LogP contribution in [0, 0.1) is 11.8 Å². The van der Waals surface area contributed by atoms with Crippen LogP contribution in [0.5, 0.6) is 0 Å². The Morgan fingerprint density at radius 3 is 2.95 bits per heavy atom. The van der Waals surface area contributed by atoms with E-state index in [1.165, 1.54) is 37.6 Å². The number of aromatic nitrogens is 2. The largest absolute Gasteiger partial charge is 0.340 e. The molecular weight excluding hydrogens is 248 g/mol. The summed E-state index contributed by atoms with van der Waals surface area (Å²) in [7, 11) is 0. The van der Waals surface area contributed by atoms with Gasteiger partial charge in [-0.2, -0.15) is 0 Å². The number of piperidine rings is 1. The lowest BCUT2D eigenvalue weighted by atomic mass is 9.94. The highest BCUT2D eigenvalue weighted by atomic mass is 15.3. The average molecular weight is 276 g/mol. The summed E-state index contributed by atoms with van der Waals surface area (Å²) in [5.41, 5.74) is 1.23. The van der Waals surface area contributed by atoms with E-state index in [0.29, 0.717) is 12.0 Å². The number of anilines is 1. The van der Waals surface area contributed by atoms with Gasteiger partial charge in [-0.3, -0.25) is 0 Å². The Morgan fingerprint density at radius 1 is 1.40 bits per heavy atom. The lowest BCUT2D eigenvalue weighted by molar-refractivity contribution is 0.340. The number of aryl methyl sites for hydroxylation is 1. The third-order valence-electron chi connectivity index (χ3n) is 4.61. The Bertz CT molecular complexity index is 437. The van der Waals surface area contributed by atoms with Crippen LogP contribution in [-0.4, -0.2) is 35.2 Å². The van der Waals surface area contributed by atoms with Crippen LogP contribution in [-0.2, 0) is 13.0 Å². The molecule has 4 heteroatoms. The smallest absolute Gasteiger partial charge is 0.205 e. The van der Waals surface area contributed by atoms with Gasteiger partial charge in [-0.15, -0.1) is 0 Å². The molecule has 112 valence electrons. The van der Waals surface area contributed by atoms with Crippen LogP contribution in [0.15, 0.2) is 6.20 Å². The molecule has 1 N–H and O–H groups in total. The fourth-order valence-electron chi connectivity index (χ4n) is 3.62. The molecule has 2 fully saturated rings. The van der Waals surface area contributed by atoms with Gasteiger partial charge in [0.25, 0.3) is 0 Å². The summed E-state index contributed by atoms with van der Waals surface area (Å²) < 4.78 is 2.38. The Balaban J connectivity index is 1.80. The molecule has 4 nitrogen and oxygen atoms in total.